The first kappa shape index (κ1) is 19.2. The van der Waals surface area contributed by atoms with E-state index in [9.17, 15) is 23.5 Å². The highest BCUT2D eigenvalue weighted by Gasteiger charge is 2.22. The van der Waals surface area contributed by atoms with Crippen molar-refractivity contribution >= 4 is 11.9 Å². The molecule has 2 N–H and O–H groups in total. The number of benzene rings is 3. The molecule has 0 aliphatic heterocycles. The molecular formula is C22H17F2NO3. The van der Waals surface area contributed by atoms with Crippen molar-refractivity contribution in [3.8, 4) is 11.1 Å². The van der Waals surface area contributed by atoms with E-state index in [4.69, 9.17) is 0 Å². The fourth-order valence-corrected chi connectivity index (χ4v) is 2.83. The Morgan fingerprint density at radius 3 is 2.00 bits per heavy atom. The van der Waals surface area contributed by atoms with Crippen molar-refractivity contribution in [2.75, 3.05) is 0 Å². The van der Waals surface area contributed by atoms with Gasteiger partial charge in [0.1, 0.15) is 17.7 Å². The van der Waals surface area contributed by atoms with E-state index in [-0.39, 0.29) is 12.0 Å². The Kier molecular flexibility index (Phi) is 5.79. The number of hydrogen-bond donors (Lipinski definition) is 2. The van der Waals surface area contributed by atoms with E-state index in [2.05, 4.69) is 5.32 Å². The lowest BCUT2D eigenvalue weighted by Crippen LogP contribution is -2.42. The van der Waals surface area contributed by atoms with Crippen LogP contribution >= 0.6 is 0 Å². The predicted molar refractivity (Wildman–Crippen MR) is 101 cm³/mol. The summed E-state index contributed by atoms with van der Waals surface area (Å²) in [5.74, 6) is -3.91. The Labute approximate surface area is 160 Å². The summed E-state index contributed by atoms with van der Waals surface area (Å²) in [5.41, 5.74) is 2.45. The Morgan fingerprint density at radius 1 is 0.857 bits per heavy atom. The van der Waals surface area contributed by atoms with Crippen LogP contribution in [-0.4, -0.2) is 23.0 Å². The van der Waals surface area contributed by atoms with Crippen LogP contribution in [0.3, 0.4) is 0 Å². The fourth-order valence-electron chi connectivity index (χ4n) is 2.83. The number of aliphatic carboxylic acids is 1. The van der Waals surface area contributed by atoms with Crippen molar-refractivity contribution in [1.82, 2.24) is 5.32 Å². The number of amides is 1. The second-order valence-corrected chi connectivity index (χ2v) is 6.29. The zero-order valence-corrected chi connectivity index (χ0v) is 14.7. The van der Waals surface area contributed by atoms with Crippen LogP contribution in [0.2, 0.25) is 0 Å². The van der Waals surface area contributed by atoms with E-state index in [0.717, 1.165) is 23.3 Å². The molecule has 3 aromatic rings. The van der Waals surface area contributed by atoms with Gasteiger partial charge in [-0.15, -0.1) is 0 Å². The third-order valence-electron chi connectivity index (χ3n) is 4.23. The largest absolute Gasteiger partial charge is 0.480 e. The molecule has 3 rings (SSSR count). The minimum atomic E-state index is -1.24. The molecule has 0 aliphatic carbocycles. The maximum atomic E-state index is 13.3. The second-order valence-electron chi connectivity index (χ2n) is 6.29. The van der Waals surface area contributed by atoms with Gasteiger partial charge in [0.25, 0.3) is 5.91 Å². The molecule has 0 bridgehead atoms. The number of carbonyl (C=O) groups excluding carboxylic acids is 1. The number of carboxylic acid groups (broad SMARTS) is 1. The average Bonchev–Trinajstić information content (AvgIpc) is 2.68. The standard InChI is InChI=1S/C22H17F2NO3/c23-18-11-17(12-19(24)13-18)21(26)25-20(22(27)28)10-14-6-8-16(9-7-14)15-4-2-1-3-5-15/h1-9,11-13,20H,10H2,(H,25,26)(H,27,28)/t20-/m0/s1. The molecule has 1 atom stereocenters. The number of carboxylic acids is 1. The third-order valence-corrected chi connectivity index (χ3v) is 4.23. The highest BCUT2D eigenvalue weighted by molar-refractivity contribution is 5.96. The van der Waals surface area contributed by atoms with Crippen molar-refractivity contribution in [2.24, 2.45) is 0 Å². The van der Waals surface area contributed by atoms with Crippen LogP contribution in [0.25, 0.3) is 11.1 Å². The summed E-state index contributed by atoms with van der Waals surface area (Å²) in [5, 5.41) is 11.7. The average molecular weight is 381 g/mol. The van der Waals surface area contributed by atoms with Gasteiger partial charge in [-0.2, -0.15) is 0 Å². The van der Waals surface area contributed by atoms with Crippen molar-refractivity contribution in [1.29, 1.82) is 0 Å². The van der Waals surface area contributed by atoms with Crippen molar-refractivity contribution in [3.63, 3.8) is 0 Å². The summed E-state index contributed by atoms with van der Waals surface area (Å²) >= 11 is 0. The molecule has 0 fully saturated rings. The summed E-state index contributed by atoms with van der Waals surface area (Å²) in [6.07, 6.45) is 0.0357. The molecule has 0 saturated heterocycles. The SMILES string of the molecule is O=C(N[C@@H](Cc1ccc(-c2ccccc2)cc1)C(=O)O)c1cc(F)cc(F)c1. The topological polar surface area (TPSA) is 66.4 Å². The van der Waals surface area contributed by atoms with Gasteiger partial charge in [0.05, 0.1) is 0 Å². The minimum absolute atomic E-state index is 0.0357. The minimum Gasteiger partial charge on any atom is -0.480 e. The lowest BCUT2D eigenvalue weighted by atomic mass is 10.0. The molecule has 0 heterocycles. The van der Waals surface area contributed by atoms with Crippen molar-refractivity contribution in [3.05, 3.63) is 95.6 Å². The zero-order valence-electron chi connectivity index (χ0n) is 14.7. The number of halogens is 2. The van der Waals surface area contributed by atoms with Gasteiger partial charge < -0.3 is 10.4 Å². The molecule has 0 unspecified atom stereocenters. The molecule has 6 heteroatoms. The molecule has 0 aromatic heterocycles. The van der Waals surface area contributed by atoms with Gasteiger partial charge in [-0.25, -0.2) is 13.6 Å². The smallest absolute Gasteiger partial charge is 0.326 e. The van der Waals surface area contributed by atoms with Gasteiger partial charge >= 0.3 is 5.97 Å². The quantitative estimate of drug-likeness (QED) is 0.677. The predicted octanol–water partition coefficient (Wildman–Crippen LogP) is 4.06. The van der Waals surface area contributed by atoms with Gasteiger partial charge in [0.2, 0.25) is 0 Å². The van der Waals surface area contributed by atoms with Crippen LogP contribution < -0.4 is 5.32 Å². The van der Waals surface area contributed by atoms with Gasteiger partial charge in [-0.3, -0.25) is 4.79 Å². The number of nitrogens with one attached hydrogen (secondary N) is 1. The number of rotatable bonds is 6. The maximum Gasteiger partial charge on any atom is 0.326 e. The molecule has 0 spiro atoms. The molecule has 0 radical (unpaired) electrons. The second kappa shape index (κ2) is 8.43. The molecule has 3 aromatic carbocycles. The van der Waals surface area contributed by atoms with Crippen LogP contribution in [0, 0.1) is 11.6 Å². The highest BCUT2D eigenvalue weighted by atomic mass is 19.1. The molecule has 28 heavy (non-hydrogen) atoms. The molecule has 4 nitrogen and oxygen atoms in total. The lowest BCUT2D eigenvalue weighted by Gasteiger charge is -2.15. The van der Waals surface area contributed by atoms with Crippen LogP contribution in [0.1, 0.15) is 15.9 Å². The fraction of sp³-hybridized carbons (Fsp3) is 0.0909. The number of carbonyl (C=O) groups is 2. The van der Waals surface area contributed by atoms with E-state index in [1.54, 1.807) is 12.1 Å². The molecular weight excluding hydrogens is 364 g/mol. The first-order valence-electron chi connectivity index (χ1n) is 8.56. The molecule has 0 aliphatic rings. The summed E-state index contributed by atoms with van der Waals surface area (Å²) < 4.78 is 26.5. The van der Waals surface area contributed by atoms with E-state index in [1.807, 2.05) is 42.5 Å². The van der Waals surface area contributed by atoms with Gasteiger partial charge in [-0.05, 0) is 28.8 Å². The summed E-state index contributed by atoms with van der Waals surface area (Å²) in [6, 6.07) is 18.1. The Hall–Kier alpha value is -3.54. The number of hydrogen-bond acceptors (Lipinski definition) is 2. The maximum absolute atomic E-state index is 13.3. The van der Waals surface area contributed by atoms with E-state index >= 15 is 0 Å². The molecule has 1 amide bonds. The zero-order chi connectivity index (χ0) is 20.1. The molecule has 0 saturated carbocycles. The Morgan fingerprint density at radius 2 is 1.43 bits per heavy atom. The Balaban J connectivity index is 1.72. The monoisotopic (exact) mass is 381 g/mol. The van der Waals surface area contributed by atoms with E-state index < -0.39 is 29.6 Å². The van der Waals surface area contributed by atoms with Crippen LogP contribution in [-0.2, 0) is 11.2 Å². The van der Waals surface area contributed by atoms with Gasteiger partial charge in [-0.1, -0.05) is 54.6 Å². The summed E-state index contributed by atoms with van der Waals surface area (Å²) in [4.78, 5) is 23.7. The summed E-state index contributed by atoms with van der Waals surface area (Å²) in [7, 11) is 0. The van der Waals surface area contributed by atoms with Crippen LogP contribution in [0.5, 0.6) is 0 Å². The lowest BCUT2D eigenvalue weighted by molar-refractivity contribution is -0.139. The summed E-state index contributed by atoms with van der Waals surface area (Å²) in [6.45, 7) is 0. The third kappa shape index (κ3) is 4.79. The van der Waals surface area contributed by atoms with Gasteiger partial charge in [0.15, 0.2) is 0 Å². The van der Waals surface area contributed by atoms with Crippen LogP contribution in [0.15, 0.2) is 72.8 Å². The van der Waals surface area contributed by atoms with E-state index in [0.29, 0.717) is 11.6 Å². The van der Waals surface area contributed by atoms with Gasteiger partial charge in [0, 0.05) is 18.1 Å². The Bertz CT molecular complexity index is 968. The normalized spacial score (nSPS) is 11.6. The van der Waals surface area contributed by atoms with Crippen LogP contribution in [0.4, 0.5) is 8.78 Å². The van der Waals surface area contributed by atoms with Crippen molar-refractivity contribution < 1.29 is 23.5 Å². The van der Waals surface area contributed by atoms with E-state index in [1.165, 1.54) is 0 Å². The first-order chi connectivity index (χ1) is 13.4. The highest BCUT2D eigenvalue weighted by Crippen LogP contribution is 2.20. The molecule has 142 valence electrons. The van der Waals surface area contributed by atoms with Crippen molar-refractivity contribution in [2.45, 2.75) is 12.5 Å². The first-order valence-corrected chi connectivity index (χ1v) is 8.56.